The summed E-state index contributed by atoms with van der Waals surface area (Å²) in [7, 11) is 0. The molecule has 0 spiro atoms. The molecular weight excluding hydrogens is 268 g/mol. The third kappa shape index (κ3) is 4.72. The summed E-state index contributed by atoms with van der Waals surface area (Å²) >= 11 is 0. The largest absolute Gasteiger partial charge is 0.494 e. The van der Waals surface area contributed by atoms with E-state index >= 15 is 0 Å². The second kappa shape index (κ2) is 8.00. The number of ether oxygens (including phenoxy) is 2. The molecule has 1 aliphatic rings. The molecule has 5 nitrogen and oxygen atoms in total. The first kappa shape index (κ1) is 15.8. The van der Waals surface area contributed by atoms with Crippen LogP contribution in [0, 0.1) is 6.92 Å². The number of unbranched alkanes of at least 4 members (excludes halogenated alkanes) is 1. The normalized spacial score (nSPS) is 18.3. The predicted octanol–water partition coefficient (Wildman–Crippen LogP) is 2.10. The predicted molar refractivity (Wildman–Crippen MR) is 82.8 cm³/mol. The van der Waals surface area contributed by atoms with E-state index in [2.05, 4.69) is 17.6 Å². The van der Waals surface area contributed by atoms with Crippen LogP contribution in [0.2, 0.25) is 0 Å². The Morgan fingerprint density at radius 3 is 3.05 bits per heavy atom. The number of morpholine rings is 1. The fourth-order valence-corrected chi connectivity index (χ4v) is 2.15. The van der Waals surface area contributed by atoms with Crippen molar-refractivity contribution in [3.8, 4) is 5.75 Å². The number of carbonyl (C=O) groups excluding carboxylic acids is 1. The minimum Gasteiger partial charge on any atom is -0.494 e. The summed E-state index contributed by atoms with van der Waals surface area (Å²) in [5.74, 6) is 0.736. The van der Waals surface area contributed by atoms with Crippen LogP contribution in [0.25, 0.3) is 0 Å². The monoisotopic (exact) mass is 292 g/mol. The van der Waals surface area contributed by atoms with Crippen LogP contribution in [0.5, 0.6) is 5.75 Å². The van der Waals surface area contributed by atoms with Gasteiger partial charge < -0.3 is 20.1 Å². The Morgan fingerprint density at radius 1 is 1.52 bits per heavy atom. The Balaban J connectivity index is 1.92. The molecule has 1 heterocycles. The van der Waals surface area contributed by atoms with Crippen molar-refractivity contribution in [2.24, 2.45) is 0 Å². The van der Waals surface area contributed by atoms with E-state index in [0.29, 0.717) is 13.2 Å². The van der Waals surface area contributed by atoms with Crippen molar-refractivity contribution in [3.05, 3.63) is 23.8 Å². The van der Waals surface area contributed by atoms with Gasteiger partial charge in [0.15, 0.2) is 0 Å². The first-order valence-corrected chi connectivity index (χ1v) is 7.57. The molecule has 1 amide bonds. The molecule has 1 atom stereocenters. The quantitative estimate of drug-likeness (QED) is 0.788. The van der Waals surface area contributed by atoms with E-state index in [9.17, 15) is 4.79 Å². The van der Waals surface area contributed by atoms with Gasteiger partial charge in [-0.1, -0.05) is 13.3 Å². The van der Waals surface area contributed by atoms with Crippen molar-refractivity contribution in [3.63, 3.8) is 0 Å². The molecule has 0 bridgehead atoms. The standard InChI is InChI=1S/C16H24N2O3/c1-3-4-8-20-13-5-6-14(12(2)10-13)18-16(19)15-11-17-7-9-21-15/h5-6,10,15,17H,3-4,7-9,11H2,1-2H3,(H,18,19). The highest BCUT2D eigenvalue weighted by atomic mass is 16.5. The number of rotatable bonds is 6. The molecule has 1 aromatic carbocycles. The first-order valence-electron chi connectivity index (χ1n) is 7.57. The van der Waals surface area contributed by atoms with Gasteiger partial charge >= 0.3 is 0 Å². The number of amides is 1. The maximum Gasteiger partial charge on any atom is 0.254 e. The summed E-state index contributed by atoms with van der Waals surface area (Å²) in [5, 5.41) is 6.06. The maximum absolute atomic E-state index is 12.1. The number of hydrogen-bond acceptors (Lipinski definition) is 4. The van der Waals surface area contributed by atoms with Crippen molar-refractivity contribution in [2.45, 2.75) is 32.8 Å². The van der Waals surface area contributed by atoms with Crippen LogP contribution in [-0.2, 0) is 9.53 Å². The molecule has 2 N–H and O–H groups in total. The van der Waals surface area contributed by atoms with Crippen molar-refractivity contribution >= 4 is 11.6 Å². The average molecular weight is 292 g/mol. The van der Waals surface area contributed by atoms with E-state index < -0.39 is 6.10 Å². The van der Waals surface area contributed by atoms with Crippen molar-refractivity contribution in [1.29, 1.82) is 0 Å². The fraction of sp³-hybridized carbons (Fsp3) is 0.562. The molecule has 5 heteroatoms. The summed E-state index contributed by atoms with van der Waals surface area (Å²) in [6.07, 6.45) is 1.74. The molecular formula is C16H24N2O3. The van der Waals surface area contributed by atoms with Gasteiger partial charge in [0, 0.05) is 18.8 Å². The van der Waals surface area contributed by atoms with Crippen LogP contribution in [0.3, 0.4) is 0 Å². The lowest BCUT2D eigenvalue weighted by atomic mass is 10.1. The molecule has 1 unspecified atom stereocenters. The maximum atomic E-state index is 12.1. The van der Waals surface area contributed by atoms with Gasteiger partial charge in [0.25, 0.3) is 5.91 Å². The van der Waals surface area contributed by atoms with Gasteiger partial charge in [0.05, 0.1) is 13.2 Å². The lowest BCUT2D eigenvalue weighted by Crippen LogP contribution is -2.45. The van der Waals surface area contributed by atoms with E-state index in [-0.39, 0.29) is 5.91 Å². The molecule has 1 saturated heterocycles. The lowest BCUT2D eigenvalue weighted by Gasteiger charge is -2.23. The van der Waals surface area contributed by atoms with Crippen LogP contribution >= 0.6 is 0 Å². The Labute approximate surface area is 126 Å². The molecule has 0 saturated carbocycles. The van der Waals surface area contributed by atoms with E-state index in [1.807, 2.05) is 25.1 Å². The second-order valence-electron chi connectivity index (χ2n) is 5.23. The molecule has 1 aliphatic heterocycles. The highest BCUT2D eigenvalue weighted by Gasteiger charge is 2.22. The van der Waals surface area contributed by atoms with Crippen molar-refractivity contribution in [1.82, 2.24) is 5.32 Å². The zero-order valence-corrected chi connectivity index (χ0v) is 12.8. The number of hydrogen-bond donors (Lipinski definition) is 2. The third-order valence-corrected chi connectivity index (χ3v) is 3.44. The average Bonchev–Trinajstić information content (AvgIpc) is 2.51. The van der Waals surface area contributed by atoms with E-state index in [1.165, 1.54) is 0 Å². The van der Waals surface area contributed by atoms with Gasteiger partial charge in [0.2, 0.25) is 0 Å². The van der Waals surface area contributed by atoms with E-state index in [1.54, 1.807) is 0 Å². The molecule has 21 heavy (non-hydrogen) atoms. The summed E-state index contributed by atoms with van der Waals surface area (Å²) < 4.78 is 11.1. The number of nitrogens with one attached hydrogen (secondary N) is 2. The number of benzene rings is 1. The number of aryl methyl sites for hydroxylation is 1. The lowest BCUT2D eigenvalue weighted by molar-refractivity contribution is -0.128. The van der Waals surface area contributed by atoms with Gasteiger partial charge in [0.1, 0.15) is 11.9 Å². The van der Waals surface area contributed by atoms with Crippen molar-refractivity contribution < 1.29 is 14.3 Å². The minimum atomic E-state index is -0.418. The van der Waals surface area contributed by atoms with Gasteiger partial charge in [-0.3, -0.25) is 4.79 Å². The highest BCUT2D eigenvalue weighted by Crippen LogP contribution is 2.22. The SMILES string of the molecule is CCCCOc1ccc(NC(=O)C2CNCCO2)c(C)c1. The number of anilines is 1. The zero-order valence-electron chi connectivity index (χ0n) is 12.8. The number of carbonyl (C=O) groups is 1. The van der Waals surface area contributed by atoms with Crippen LogP contribution < -0.4 is 15.4 Å². The topological polar surface area (TPSA) is 59.6 Å². The van der Waals surface area contributed by atoms with E-state index in [4.69, 9.17) is 9.47 Å². The summed E-state index contributed by atoms with van der Waals surface area (Å²) in [6.45, 7) is 6.75. The molecule has 116 valence electrons. The molecule has 1 fully saturated rings. The molecule has 2 rings (SSSR count). The van der Waals surface area contributed by atoms with E-state index in [0.717, 1.165) is 43.0 Å². The summed E-state index contributed by atoms with van der Waals surface area (Å²) in [5.41, 5.74) is 1.79. The van der Waals surface area contributed by atoms with Crippen molar-refractivity contribution in [2.75, 3.05) is 31.6 Å². The van der Waals surface area contributed by atoms with Gasteiger partial charge in [-0.25, -0.2) is 0 Å². The molecule has 0 aliphatic carbocycles. The smallest absolute Gasteiger partial charge is 0.254 e. The van der Waals surface area contributed by atoms with Gasteiger partial charge in [-0.2, -0.15) is 0 Å². The minimum absolute atomic E-state index is 0.107. The molecule has 0 radical (unpaired) electrons. The second-order valence-corrected chi connectivity index (χ2v) is 5.23. The van der Waals surface area contributed by atoms with Gasteiger partial charge in [-0.15, -0.1) is 0 Å². The Kier molecular flexibility index (Phi) is 6.02. The molecule has 0 aromatic heterocycles. The summed E-state index contributed by atoms with van der Waals surface area (Å²) in [6, 6.07) is 5.72. The van der Waals surface area contributed by atoms with Crippen LogP contribution in [0.1, 0.15) is 25.3 Å². The van der Waals surface area contributed by atoms with Crippen LogP contribution in [0.4, 0.5) is 5.69 Å². The summed E-state index contributed by atoms with van der Waals surface area (Å²) in [4.78, 5) is 12.1. The van der Waals surface area contributed by atoms with Crippen LogP contribution in [0.15, 0.2) is 18.2 Å². The Hall–Kier alpha value is -1.59. The third-order valence-electron chi connectivity index (χ3n) is 3.44. The fourth-order valence-electron chi connectivity index (χ4n) is 2.15. The molecule has 1 aromatic rings. The first-order chi connectivity index (χ1) is 10.2. The Bertz CT molecular complexity index is 471. The van der Waals surface area contributed by atoms with Crippen LogP contribution in [-0.4, -0.2) is 38.3 Å². The van der Waals surface area contributed by atoms with Gasteiger partial charge in [-0.05, 0) is 37.1 Å². The Morgan fingerprint density at radius 2 is 2.38 bits per heavy atom. The zero-order chi connectivity index (χ0) is 15.1. The highest BCUT2D eigenvalue weighted by molar-refractivity contribution is 5.95.